The van der Waals surface area contributed by atoms with Crippen molar-refractivity contribution in [3.8, 4) is 11.8 Å². The molecule has 5 heteroatoms. The van der Waals surface area contributed by atoms with Crippen molar-refractivity contribution in [2.45, 2.75) is 13.8 Å². The molecule has 0 spiro atoms. The van der Waals surface area contributed by atoms with Crippen molar-refractivity contribution in [2.24, 2.45) is 0 Å². The molecule has 0 fully saturated rings. The Labute approximate surface area is 99.7 Å². The second-order valence-electron chi connectivity index (χ2n) is 3.84. The summed E-state index contributed by atoms with van der Waals surface area (Å²) in [5.41, 5.74) is 3.45. The van der Waals surface area contributed by atoms with Gasteiger partial charge in [-0.15, -0.1) is 15.0 Å². The molecule has 2 rings (SSSR count). The Hall–Kier alpha value is -2.35. The number of nitriles is 1. The van der Waals surface area contributed by atoms with Crippen LogP contribution >= 0.6 is 0 Å². The van der Waals surface area contributed by atoms with Gasteiger partial charge in [-0.3, -0.25) is 0 Å². The van der Waals surface area contributed by atoms with Crippen LogP contribution < -0.4 is 5.32 Å². The average molecular weight is 227 g/mol. The molecular weight excluding hydrogens is 214 g/mol. The first-order valence-corrected chi connectivity index (χ1v) is 5.28. The molecule has 2 aromatic rings. The predicted molar refractivity (Wildman–Crippen MR) is 65.1 cm³/mol. The number of hydrogen-bond donors (Lipinski definition) is 1. The highest BCUT2D eigenvalue weighted by molar-refractivity contribution is 5.48. The van der Waals surface area contributed by atoms with Crippen molar-refractivity contribution in [1.29, 1.82) is 5.26 Å². The van der Waals surface area contributed by atoms with Gasteiger partial charge in [0, 0.05) is 7.05 Å². The molecule has 0 amide bonds. The number of nitrogens with one attached hydrogen (secondary N) is 1. The first-order valence-electron chi connectivity index (χ1n) is 5.28. The fraction of sp³-hybridized carbons (Fsp3) is 0.250. The molecule has 1 aromatic carbocycles. The minimum absolute atomic E-state index is 0.299. The molecule has 86 valence electrons. The van der Waals surface area contributed by atoms with Crippen LogP contribution in [0.5, 0.6) is 0 Å². The fourth-order valence-corrected chi connectivity index (χ4v) is 1.69. The molecule has 17 heavy (non-hydrogen) atoms. The Kier molecular flexibility index (Phi) is 2.79. The van der Waals surface area contributed by atoms with Crippen LogP contribution in [0.1, 0.15) is 16.8 Å². The highest BCUT2D eigenvalue weighted by atomic mass is 15.5. The summed E-state index contributed by atoms with van der Waals surface area (Å²) in [4.78, 5) is 1.49. The van der Waals surface area contributed by atoms with E-state index in [4.69, 9.17) is 5.26 Å². The van der Waals surface area contributed by atoms with Crippen LogP contribution in [0.25, 0.3) is 5.69 Å². The van der Waals surface area contributed by atoms with Gasteiger partial charge in [0.25, 0.3) is 0 Å². The molecule has 0 aliphatic heterocycles. The van der Waals surface area contributed by atoms with Crippen LogP contribution in [0.3, 0.4) is 0 Å². The summed E-state index contributed by atoms with van der Waals surface area (Å²) in [6, 6.07) is 8.02. The molecule has 1 N–H and O–H groups in total. The van der Waals surface area contributed by atoms with Gasteiger partial charge in [0.2, 0.25) is 5.69 Å². The maximum absolute atomic E-state index is 8.92. The smallest absolute Gasteiger partial charge is 0.207 e. The third-order valence-electron chi connectivity index (χ3n) is 2.52. The van der Waals surface area contributed by atoms with E-state index in [9.17, 15) is 0 Å². The summed E-state index contributed by atoms with van der Waals surface area (Å²) >= 11 is 0. The van der Waals surface area contributed by atoms with Gasteiger partial charge >= 0.3 is 0 Å². The second kappa shape index (κ2) is 4.26. The number of hydrogen-bond acceptors (Lipinski definition) is 4. The summed E-state index contributed by atoms with van der Waals surface area (Å²) in [5.74, 6) is 0.493. The van der Waals surface area contributed by atoms with Gasteiger partial charge in [-0.2, -0.15) is 5.26 Å². The minimum Gasteiger partial charge on any atom is -0.369 e. The number of nitrogens with zero attached hydrogens (tertiary/aromatic N) is 4. The first-order chi connectivity index (χ1) is 8.15. The molecule has 0 radical (unpaired) electrons. The average Bonchev–Trinajstić information content (AvgIpc) is 2.72. The van der Waals surface area contributed by atoms with E-state index in [0.717, 1.165) is 11.3 Å². The van der Waals surface area contributed by atoms with Gasteiger partial charge in [0.05, 0.1) is 5.69 Å². The van der Waals surface area contributed by atoms with E-state index in [0.29, 0.717) is 11.5 Å². The van der Waals surface area contributed by atoms with E-state index in [1.807, 2.05) is 32.0 Å². The molecule has 0 saturated heterocycles. The quantitative estimate of drug-likeness (QED) is 0.849. The lowest BCUT2D eigenvalue weighted by molar-refractivity contribution is 0.746. The summed E-state index contributed by atoms with van der Waals surface area (Å²) in [7, 11) is 1.72. The number of anilines is 1. The molecule has 0 saturated carbocycles. The summed E-state index contributed by atoms with van der Waals surface area (Å²) in [6.07, 6.45) is 0. The van der Waals surface area contributed by atoms with Crippen LogP contribution in [0, 0.1) is 25.2 Å². The van der Waals surface area contributed by atoms with Crippen molar-refractivity contribution in [3.63, 3.8) is 0 Å². The van der Waals surface area contributed by atoms with E-state index in [-0.39, 0.29) is 0 Å². The maximum Gasteiger partial charge on any atom is 0.207 e. The van der Waals surface area contributed by atoms with E-state index in [2.05, 4.69) is 21.6 Å². The minimum atomic E-state index is 0.299. The van der Waals surface area contributed by atoms with Crippen LogP contribution in [-0.4, -0.2) is 22.0 Å². The van der Waals surface area contributed by atoms with Crippen LogP contribution in [0.2, 0.25) is 0 Å². The third kappa shape index (κ3) is 1.97. The zero-order chi connectivity index (χ0) is 12.4. The monoisotopic (exact) mass is 227 g/mol. The number of aromatic nitrogens is 3. The van der Waals surface area contributed by atoms with Crippen LogP contribution in [-0.2, 0) is 0 Å². The van der Waals surface area contributed by atoms with E-state index in [1.165, 1.54) is 10.4 Å². The molecule has 5 nitrogen and oxygen atoms in total. The van der Waals surface area contributed by atoms with Gasteiger partial charge in [0.15, 0.2) is 5.82 Å². The van der Waals surface area contributed by atoms with Crippen LogP contribution in [0.4, 0.5) is 5.82 Å². The van der Waals surface area contributed by atoms with Gasteiger partial charge in [-0.1, -0.05) is 17.7 Å². The molecule has 1 aromatic heterocycles. The normalized spacial score (nSPS) is 10.0. The molecule has 0 aliphatic rings. The maximum atomic E-state index is 8.92. The topological polar surface area (TPSA) is 66.5 Å². The van der Waals surface area contributed by atoms with Gasteiger partial charge < -0.3 is 5.32 Å². The number of benzene rings is 1. The van der Waals surface area contributed by atoms with Crippen molar-refractivity contribution < 1.29 is 0 Å². The Balaban J connectivity index is 2.54. The van der Waals surface area contributed by atoms with Crippen molar-refractivity contribution in [1.82, 2.24) is 15.0 Å². The zero-order valence-electron chi connectivity index (χ0n) is 10.0. The van der Waals surface area contributed by atoms with Gasteiger partial charge in [-0.25, -0.2) is 0 Å². The summed E-state index contributed by atoms with van der Waals surface area (Å²) < 4.78 is 0. The van der Waals surface area contributed by atoms with E-state index in [1.54, 1.807) is 7.05 Å². The Morgan fingerprint density at radius 1 is 1.29 bits per heavy atom. The molecule has 0 aliphatic carbocycles. The lowest BCUT2D eigenvalue weighted by Crippen LogP contribution is -2.02. The van der Waals surface area contributed by atoms with E-state index >= 15 is 0 Å². The second-order valence-corrected chi connectivity index (χ2v) is 3.84. The largest absolute Gasteiger partial charge is 0.369 e. The third-order valence-corrected chi connectivity index (χ3v) is 2.52. The number of aryl methyl sites for hydroxylation is 2. The summed E-state index contributed by atoms with van der Waals surface area (Å²) in [6.45, 7) is 4.03. The highest BCUT2D eigenvalue weighted by Crippen LogP contribution is 2.16. The molecule has 1 heterocycles. The van der Waals surface area contributed by atoms with Gasteiger partial charge in [0.1, 0.15) is 6.07 Å². The van der Waals surface area contributed by atoms with Gasteiger partial charge in [-0.05, 0) is 25.5 Å². The SMILES string of the molecule is CNc1nn(-c2ccc(C)cc2C)nc1C#N. The fourth-order valence-electron chi connectivity index (χ4n) is 1.69. The molecule has 0 bridgehead atoms. The predicted octanol–water partition coefficient (Wildman–Crippen LogP) is 1.80. The Morgan fingerprint density at radius 3 is 2.59 bits per heavy atom. The van der Waals surface area contributed by atoms with Crippen LogP contribution in [0.15, 0.2) is 18.2 Å². The van der Waals surface area contributed by atoms with Crippen molar-refractivity contribution in [3.05, 3.63) is 35.0 Å². The lowest BCUT2D eigenvalue weighted by Gasteiger charge is -2.04. The number of rotatable bonds is 2. The lowest BCUT2D eigenvalue weighted by atomic mass is 10.1. The van der Waals surface area contributed by atoms with E-state index < -0.39 is 0 Å². The standard InChI is InChI=1S/C12H13N5/c1-8-4-5-11(9(2)6-8)17-15-10(7-13)12(14-3)16-17/h4-6H,1-3H3,(H,14,16). The van der Waals surface area contributed by atoms with Crippen molar-refractivity contribution >= 4 is 5.82 Å². The first kappa shape index (κ1) is 11.1. The zero-order valence-corrected chi connectivity index (χ0v) is 10.0. The molecular formula is C12H13N5. The Bertz CT molecular complexity index is 591. The summed E-state index contributed by atoms with van der Waals surface area (Å²) in [5, 5.41) is 20.1. The van der Waals surface area contributed by atoms with Crippen molar-refractivity contribution in [2.75, 3.05) is 12.4 Å². The highest BCUT2D eigenvalue weighted by Gasteiger charge is 2.11. The Morgan fingerprint density at radius 2 is 2.06 bits per heavy atom. The molecule has 0 unspecified atom stereocenters. The molecule has 0 atom stereocenters.